The van der Waals surface area contributed by atoms with Gasteiger partial charge in [-0.2, -0.15) is 0 Å². The summed E-state index contributed by atoms with van der Waals surface area (Å²) in [5.41, 5.74) is -2.41. The predicted molar refractivity (Wildman–Crippen MR) is 205 cm³/mol. The van der Waals surface area contributed by atoms with Crippen molar-refractivity contribution in [3.8, 4) is 0 Å². The fourth-order valence-corrected chi connectivity index (χ4v) is 6.84. The van der Waals surface area contributed by atoms with Crippen molar-refractivity contribution in [3.05, 3.63) is 35.9 Å². The maximum atomic E-state index is 14.3. The number of hydrogen-bond acceptors (Lipinski definition) is 9. The maximum absolute atomic E-state index is 14.3. The number of ether oxygens (including phenoxy) is 2. The average Bonchev–Trinajstić information content (AvgIpc) is 3.52. The van der Waals surface area contributed by atoms with Gasteiger partial charge in [0.25, 0.3) is 5.91 Å². The molecule has 15 nitrogen and oxygen atoms in total. The first kappa shape index (κ1) is 44.9. The highest BCUT2D eigenvalue weighted by atomic mass is 16.5. The van der Waals surface area contributed by atoms with E-state index in [1.165, 1.54) is 9.80 Å². The molecule has 4 unspecified atom stereocenters. The number of nitrogens with zero attached hydrogens (tertiary/aromatic N) is 2. The second kappa shape index (κ2) is 18.9. The highest BCUT2D eigenvalue weighted by Crippen LogP contribution is 2.33. The Kier molecular flexibility index (Phi) is 15.4. The zero-order valence-electron chi connectivity index (χ0n) is 34.2. The molecule has 1 saturated carbocycles. The van der Waals surface area contributed by atoms with Gasteiger partial charge in [-0.25, -0.2) is 4.79 Å². The van der Waals surface area contributed by atoms with Gasteiger partial charge in [0.2, 0.25) is 29.4 Å². The molecule has 0 aromatic heterocycles. The summed E-state index contributed by atoms with van der Waals surface area (Å²) in [4.78, 5) is 97.5. The van der Waals surface area contributed by atoms with Crippen molar-refractivity contribution < 1.29 is 43.0 Å². The summed E-state index contributed by atoms with van der Waals surface area (Å²) >= 11 is 0. The van der Waals surface area contributed by atoms with Crippen LogP contribution in [-0.4, -0.2) is 114 Å². The molecule has 1 aliphatic heterocycles. The van der Waals surface area contributed by atoms with Crippen molar-refractivity contribution in [3.63, 3.8) is 0 Å². The molecule has 2 fully saturated rings. The van der Waals surface area contributed by atoms with Crippen molar-refractivity contribution in [1.82, 2.24) is 31.1 Å². The minimum atomic E-state index is -1.58. The third-order valence-corrected chi connectivity index (χ3v) is 9.54. The van der Waals surface area contributed by atoms with Crippen LogP contribution >= 0.6 is 0 Å². The molecule has 6 amide bonds. The van der Waals surface area contributed by atoms with Crippen LogP contribution < -0.4 is 21.3 Å². The number of rotatable bonds is 14. The summed E-state index contributed by atoms with van der Waals surface area (Å²) in [6.07, 6.45) is 1.10. The highest BCUT2D eigenvalue weighted by molar-refractivity contribution is 6.40. The Morgan fingerprint density at radius 1 is 0.909 bits per heavy atom. The molecule has 1 aromatic carbocycles. The van der Waals surface area contributed by atoms with Crippen LogP contribution in [0.4, 0.5) is 4.79 Å². The van der Waals surface area contributed by atoms with E-state index in [2.05, 4.69) is 21.3 Å². The predicted octanol–water partition coefficient (Wildman–Crippen LogP) is 3.02. The van der Waals surface area contributed by atoms with Gasteiger partial charge in [-0.05, 0) is 50.5 Å². The largest absolute Gasteiger partial charge is 0.449 e. The number of ketones is 1. The number of amides is 6. The Hall–Kier alpha value is -4.53. The summed E-state index contributed by atoms with van der Waals surface area (Å²) in [6, 6.07) is 5.49. The number of benzene rings is 1. The van der Waals surface area contributed by atoms with Gasteiger partial charge in [0.05, 0.1) is 24.9 Å². The molecule has 1 aromatic rings. The van der Waals surface area contributed by atoms with Crippen LogP contribution in [0.1, 0.15) is 106 Å². The number of carbonyl (C=O) groups is 7. The second-order valence-corrected chi connectivity index (χ2v) is 17.3. The van der Waals surface area contributed by atoms with Crippen molar-refractivity contribution in [2.45, 2.75) is 129 Å². The standard InChI is InChI=1S/C40H62N6O9/c1-25(2)24-54-37(53)43-31(38(3,4)5)36(52)46-23-27(55-39(6,7)8)21-28(46)33(49)44-40(19-15-12-16-20-40)32(48)34(50)41-22-29(47)42-30(35(51)45(9)10)26-17-13-11-14-18-26/h11,13-14,17-18,25,27-28,30-31H,12,15-16,19-24H2,1-10H3,(H,41,50)(H,42,47)(H,43,53)(H,44,49). The molecule has 0 radical (unpaired) electrons. The van der Waals surface area contributed by atoms with E-state index in [0.29, 0.717) is 18.4 Å². The number of likely N-dealkylation sites (N-methyl/N-ethyl adjacent to an activating group) is 1. The van der Waals surface area contributed by atoms with E-state index in [1.807, 2.05) is 34.6 Å². The Balaban J connectivity index is 1.82. The van der Waals surface area contributed by atoms with Crippen LogP contribution in [-0.2, 0) is 38.2 Å². The molecular formula is C40H62N6O9. The van der Waals surface area contributed by atoms with E-state index >= 15 is 0 Å². The summed E-state index contributed by atoms with van der Waals surface area (Å²) in [5, 5.41) is 10.6. The molecule has 3 rings (SSSR count). The molecule has 1 saturated heterocycles. The molecule has 1 aliphatic carbocycles. The van der Waals surface area contributed by atoms with Crippen molar-refractivity contribution in [2.24, 2.45) is 11.3 Å². The molecule has 0 spiro atoms. The number of Topliss-reactive ketones (excluding diaryl/α,β-unsaturated/α-hetero) is 1. The van der Waals surface area contributed by atoms with Gasteiger partial charge in [-0.3, -0.25) is 28.8 Å². The lowest BCUT2D eigenvalue weighted by molar-refractivity contribution is -0.147. The zero-order valence-corrected chi connectivity index (χ0v) is 34.2. The third kappa shape index (κ3) is 12.8. The number of alkyl carbamates (subject to hydrolysis) is 1. The van der Waals surface area contributed by atoms with Gasteiger partial charge in [0.15, 0.2) is 0 Å². The van der Waals surface area contributed by atoms with E-state index in [1.54, 1.807) is 65.2 Å². The number of likely N-dealkylation sites (tertiary alicyclic amines) is 1. The number of hydrogen-bond donors (Lipinski definition) is 4. The monoisotopic (exact) mass is 770 g/mol. The Morgan fingerprint density at radius 2 is 1.53 bits per heavy atom. The maximum Gasteiger partial charge on any atom is 0.407 e. The lowest BCUT2D eigenvalue weighted by Gasteiger charge is -2.39. The first-order chi connectivity index (χ1) is 25.5. The van der Waals surface area contributed by atoms with Crippen LogP contribution in [0.2, 0.25) is 0 Å². The Bertz CT molecular complexity index is 1540. The smallest absolute Gasteiger partial charge is 0.407 e. The van der Waals surface area contributed by atoms with Crippen LogP contribution in [0.15, 0.2) is 30.3 Å². The highest BCUT2D eigenvalue weighted by Gasteiger charge is 2.50. The summed E-state index contributed by atoms with van der Waals surface area (Å²) in [7, 11) is 3.12. The van der Waals surface area contributed by atoms with E-state index in [0.717, 1.165) is 6.42 Å². The fourth-order valence-electron chi connectivity index (χ4n) is 6.84. The van der Waals surface area contributed by atoms with Gasteiger partial charge in [0, 0.05) is 27.1 Å². The minimum Gasteiger partial charge on any atom is -0.449 e. The molecule has 2 aliphatic rings. The van der Waals surface area contributed by atoms with Gasteiger partial charge >= 0.3 is 6.09 Å². The topological polar surface area (TPSA) is 193 Å². The van der Waals surface area contributed by atoms with Crippen LogP contribution in [0.3, 0.4) is 0 Å². The van der Waals surface area contributed by atoms with Crippen molar-refractivity contribution in [2.75, 3.05) is 33.8 Å². The van der Waals surface area contributed by atoms with Gasteiger partial charge < -0.3 is 40.5 Å². The second-order valence-electron chi connectivity index (χ2n) is 17.3. The Morgan fingerprint density at radius 3 is 2.07 bits per heavy atom. The van der Waals surface area contributed by atoms with Crippen LogP contribution in [0.5, 0.6) is 0 Å². The molecule has 1 heterocycles. The number of carbonyl (C=O) groups excluding carboxylic acids is 7. The van der Waals surface area contributed by atoms with Crippen molar-refractivity contribution >= 4 is 41.4 Å². The number of nitrogens with one attached hydrogen (secondary N) is 4. The summed E-state index contributed by atoms with van der Waals surface area (Å²) in [5.74, 6) is -4.09. The minimum absolute atomic E-state index is 0.0559. The van der Waals surface area contributed by atoms with E-state index in [4.69, 9.17) is 9.47 Å². The lowest BCUT2D eigenvalue weighted by atomic mass is 9.77. The first-order valence-corrected chi connectivity index (χ1v) is 19.2. The average molecular weight is 771 g/mol. The van der Waals surface area contributed by atoms with E-state index in [9.17, 15) is 33.6 Å². The summed E-state index contributed by atoms with van der Waals surface area (Å²) < 4.78 is 11.5. The molecule has 55 heavy (non-hydrogen) atoms. The molecule has 4 atom stereocenters. The molecular weight excluding hydrogens is 708 g/mol. The van der Waals surface area contributed by atoms with Crippen LogP contribution in [0, 0.1) is 11.3 Å². The molecule has 0 bridgehead atoms. The van der Waals surface area contributed by atoms with Crippen LogP contribution in [0.25, 0.3) is 0 Å². The SMILES string of the molecule is CC(C)COC(=O)NC(C(=O)N1CC(OC(C)(C)C)CC1C(=O)NC1(C(=O)C(=O)NCC(=O)NC(C(=O)N(C)C)c2ccccc2)CCCCC1)C(C)(C)C. The molecule has 4 N–H and O–H groups in total. The quantitative estimate of drug-likeness (QED) is 0.206. The lowest BCUT2D eigenvalue weighted by Crippen LogP contribution is -2.64. The zero-order chi connectivity index (χ0) is 41.3. The van der Waals surface area contributed by atoms with Crippen molar-refractivity contribution in [1.29, 1.82) is 0 Å². The summed E-state index contributed by atoms with van der Waals surface area (Å²) in [6.45, 7) is 14.4. The van der Waals surface area contributed by atoms with Gasteiger partial charge in [-0.15, -0.1) is 0 Å². The van der Waals surface area contributed by atoms with E-state index in [-0.39, 0.29) is 44.2 Å². The first-order valence-electron chi connectivity index (χ1n) is 19.2. The third-order valence-electron chi connectivity index (χ3n) is 9.54. The fraction of sp³-hybridized carbons (Fsp3) is 0.675. The normalized spacial score (nSPS) is 19.4. The van der Waals surface area contributed by atoms with Gasteiger partial charge in [0.1, 0.15) is 23.7 Å². The molecule has 15 heteroatoms. The Labute approximate surface area is 325 Å². The van der Waals surface area contributed by atoms with E-state index < -0.39 is 82.8 Å². The van der Waals surface area contributed by atoms with Gasteiger partial charge in [-0.1, -0.05) is 84.2 Å². The molecule has 306 valence electrons.